The molecule has 0 amide bonds. The number of benzene rings is 1. The number of aromatic nitrogens is 4. The molecule has 0 N–H and O–H groups in total. The van der Waals surface area contributed by atoms with Gasteiger partial charge in [0.25, 0.3) is 5.56 Å². The molecule has 144 valence electrons. The van der Waals surface area contributed by atoms with Gasteiger partial charge in [-0.1, -0.05) is 0 Å². The zero-order valence-electron chi connectivity index (χ0n) is 15.1. The minimum absolute atomic E-state index is 0.00187. The lowest BCUT2D eigenvalue weighted by atomic mass is 10.2. The fraction of sp³-hybridized carbons (Fsp3) is 0.211. The molecule has 0 saturated carbocycles. The molecule has 9 heteroatoms. The van der Waals surface area contributed by atoms with Crippen molar-refractivity contribution in [3.63, 3.8) is 0 Å². The van der Waals surface area contributed by atoms with E-state index in [1.165, 1.54) is 28.8 Å². The number of alkyl halides is 2. The van der Waals surface area contributed by atoms with E-state index in [1.807, 2.05) is 13.0 Å². The van der Waals surface area contributed by atoms with Crippen LogP contribution in [0.25, 0.3) is 27.6 Å². The van der Waals surface area contributed by atoms with Crippen LogP contribution < -0.4 is 15.0 Å². The fourth-order valence-electron chi connectivity index (χ4n) is 3.10. The Morgan fingerprint density at radius 2 is 1.86 bits per heavy atom. The van der Waals surface area contributed by atoms with E-state index in [-0.39, 0.29) is 16.8 Å². The van der Waals surface area contributed by atoms with Crippen LogP contribution in [0.2, 0.25) is 0 Å². The highest BCUT2D eigenvalue weighted by Crippen LogP contribution is 2.26. The number of hydrogen-bond donors (Lipinski definition) is 0. The van der Waals surface area contributed by atoms with Gasteiger partial charge in [-0.25, -0.2) is 0 Å². The second kappa shape index (κ2) is 6.91. The molecule has 0 unspecified atom stereocenters. The Labute approximate surface area is 157 Å². The van der Waals surface area contributed by atoms with Crippen LogP contribution in [0.15, 0.2) is 47.4 Å². The molecule has 0 atom stereocenters. The monoisotopic (exact) mass is 386 g/mol. The van der Waals surface area contributed by atoms with Crippen LogP contribution in [0.5, 0.6) is 11.6 Å². The number of hydrogen-bond acceptors (Lipinski definition) is 5. The predicted molar refractivity (Wildman–Crippen MR) is 99.4 cm³/mol. The van der Waals surface area contributed by atoms with Gasteiger partial charge in [0, 0.05) is 30.1 Å². The van der Waals surface area contributed by atoms with Crippen LogP contribution in [0, 0.1) is 0 Å². The number of fused-ring (bicyclic) bond motifs is 3. The van der Waals surface area contributed by atoms with E-state index in [0.29, 0.717) is 29.2 Å². The quantitative estimate of drug-likeness (QED) is 0.526. The fourth-order valence-corrected chi connectivity index (χ4v) is 3.10. The van der Waals surface area contributed by atoms with Gasteiger partial charge >= 0.3 is 6.61 Å². The molecule has 3 heterocycles. The van der Waals surface area contributed by atoms with E-state index in [0.717, 1.165) is 5.39 Å². The lowest BCUT2D eigenvalue weighted by Gasteiger charge is -2.12. The molecular weight excluding hydrogens is 370 g/mol. The largest absolute Gasteiger partial charge is 0.478 e. The summed E-state index contributed by atoms with van der Waals surface area (Å²) in [4.78, 5) is 17.6. The van der Waals surface area contributed by atoms with Gasteiger partial charge in [0.2, 0.25) is 5.88 Å². The Morgan fingerprint density at radius 3 is 2.54 bits per heavy atom. The highest BCUT2D eigenvalue weighted by molar-refractivity contribution is 6.03. The van der Waals surface area contributed by atoms with E-state index in [4.69, 9.17) is 4.74 Å². The summed E-state index contributed by atoms with van der Waals surface area (Å²) in [5.74, 6) is 0.377. The van der Waals surface area contributed by atoms with Crippen molar-refractivity contribution in [2.75, 3.05) is 6.61 Å². The molecule has 4 rings (SSSR count). The zero-order valence-corrected chi connectivity index (χ0v) is 15.1. The molecule has 3 aromatic heterocycles. The third-order valence-corrected chi connectivity index (χ3v) is 4.20. The molecule has 0 aliphatic heterocycles. The number of pyridine rings is 2. The Balaban J connectivity index is 2.00. The van der Waals surface area contributed by atoms with Gasteiger partial charge in [-0.3, -0.25) is 14.0 Å². The predicted octanol–water partition coefficient (Wildman–Crippen LogP) is 3.27. The first-order valence-corrected chi connectivity index (χ1v) is 8.55. The van der Waals surface area contributed by atoms with Gasteiger partial charge in [-0.15, -0.1) is 0 Å². The molecular formula is C19H16F2N4O3. The number of aryl methyl sites for hydroxylation is 1. The van der Waals surface area contributed by atoms with E-state index >= 15 is 0 Å². The van der Waals surface area contributed by atoms with E-state index in [1.54, 1.807) is 24.0 Å². The molecule has 0 spiro atoms. The third-order valence-electron chi connectivity index (χ3n) is 4.20. The Hall–Kier alpha value is -3.49. The summed E-state index contributed by atoms with van der Waals surface area (Å²) in [6, 6.07) is 9.32. The molecule has 0 aliphatic rings. The van der Waals surface area contributed by atoms with E-state index in [2.05, 4.69) is 14.8 Å². The molecule has 1 aromatic carbocycles. The van der Waals surface area contributed by atoms with E-state index < -0.39 is 6.61 Å². The van der Waals surface area contributed by atoms with Gasteiger partial charge < -0.3 is 9.47 Å². The summed E-state index contributed by atoms with van der Waals surface area (Å²) in [6.45, 7) is -0.655. The Bertz CT molecular complexity index is 1220. The third kappa shape index (κ3) is 3.04. The number of ether oxygens (including phenoxy) is 2. The molecule has 4 aromatic rings. The average Bonchev–Trinajstić information content (AvgIpc) is 3.05. The SMILES string of the molecule is CCOc1ccc2c3cn(C)nc3c(=O)n(-c3ccc(OC(F)F)cc3)c2n1. The lowest BCUT2D eigenvalue weighted by molar-refractivity contribution is -0.0498. The van der Waals surface area contributed by atoms with Gasteiger partial charge in [0.1, 0.15) is 5.75 Å². The number of nitrogens with zero attached hydrogens (tertiary/aromatic N) is 4. The molecule has 0 saturated heterocycles. The van der Waals surface area contributed by atoms with Crippen molar-refractivity contribution in [2.45, 2.75) is 13.5 Å². The van der Waals surface area contributed by atoms with Crippen molar-refractivity contribution in [3.05, 3.63) is 52.9 Å². The van der Waals surface area contributed by atoms with Crippen LogP contribution >= 0.6 is 0 Å². The highest BCUT2D eigenvalue weighted by Gasteiger charge is 2.17. The summed E-state index contributed by atoms with van der Waals surface area (Å²) in [7, 11) is 1.73. The maximum atomic E-state index is 13.1. The second-order valence-electron chi connectivity index (χ2n) is 6.03. The lowest BCUT2D eigenvalue weighted by Crippen LogP contribution is -2.20. The second-order valence-corrected chi connectivity index (χ2v) is 6.03. The zero-order chi connectivity index (χ0) is 19.8. The van der Waals surface area contributed by atoms with Gasteiger partial charge in [0.15, 0.2) is 11.2 Å². The van der Waals surface area contributed by atoms with Crippen molar-refractivity contribution in [2.24, 2.45) is 7.05 Å². The summed E-state index contributed by atoms with van der Waals surface area (Å²) in [5, 5.41) is 5.66. The maximum absolute atomic E-state index is 13.1. The van der Waals surface area contributed by atoms with Crippen LogP contribution in [-0.4, -0.2) is 32.5 Å². The molecule has 28 heavy (non-hydrogen) atoms. The first kappa shape index (κ1) is 17.9. The van der Waals surface area contributed by atoms with Crippen molar-refractivity contribution in [1.29, 1.82) is 0 Å². The Morgan fingerprint density at radius 1 is 1.11 bits per heavy atom. The average molecular weight is 386 g/mol. The first-order valence-electron chi connectivity index (χ1n) is 8.55. The standard InChI is InChI=1S/C19H16F2N4O3/c1-3-27-15-9-8-13-14-10-24(2)23-16(14)18(26)25(17(13)22-15)11-4-6-12(7-5-11)28-19(20)21/h4-10,19H,3H2,1-2H3. The topological polar surface area (TPSA) is 71.2 Å². The van der Waals surface area contributed by atoms with Gasteiger partial charge in [-0.2, -0.15) is 18.9 Å². The van der Waals surface area contributed by atoms with Gasteiger partial charge in [0.05, 0.1) is 12.3 Å². The first-order chi connectivity index (χ1) is 13.5. The van der Waals surface area contributed by atoms with Crippen LogP contribution in [-0.2, 0) is 7.05 Å². The van der Waals surface area contributed by atoms with Crippen LogP contribution in [0.4, 0.5) is 8.78 Å². The van der Waals surface area contributed by atoms with Crippen molar-refractivity contribution in [3.8, 4) is 17.3 Å². The minimum atomic E-state index is -2.92. The minimum Gasteiger partial charge on any atom is -0.478 e. The van der Waals surface area contributed by atoms with Crippen molar-refractivity contribution in [1.82, 2.24) is 19.3 Å². The van der Waals surface area contributed by atoms with Gasteiger partial charge in [-0.05, 0) is 37.3 Å². The highest BCUT2D eigenvalue weighted by atomic mass is 19.3. The summed E-state index contributed by atoms with van der Waals surface area (Å²) in [5.41, 5.74) is 0.755. The molecule has 0 fully saturated rings. The summed E-state index contributed by atoms with van der Waals surface area (Å²) < 4.78 is 37.6. The normalized spacial score (nSPS) is 11.5. The maximum Gasteiger partial charge on any atom is 0.387 e. The molecule has 0 aliphatic carbocycles. The van der Waals surface area contributed by atoms with Crippen molar-refractivity contribution >= 4 is 21.9 Å². The molecule has 0 radical (unpaired) electrons. The number of rotatable bonds is 5. The van der Waals surface area contributed by atoms with E-state index in [9.17, 15) is 13.6 Å². The summed E-state index contributed by atoms with van der Waals surface area (Å²) >= 11 is 0. The smallest absolute Gasteiger partial charge is 0.387 e. The number of halogens is 2. The van der Waals surface area contributed by atoms with Crippen LogP contribution in [0.3, 0.4) is 0 Å². The van der Waals surface area contributed by atoms with Crippen LogP contribution in [0.1, 0.15) is 6.92 Å². The Kier molecular flexibility index (Phi) is 4.42. The molecule has 0 bridgehead atoms. The molecule has 7 nitrogen and oxygen atoms in total. The summed E-state index contributed by atoms with van der Waals surface area (Å²) in [6.07, 6.45) is 1.75. The van der Waals surface area contributed by atoms with Crippen molar-refractivity contribution < 1.29 is 18.3 Å².